The van der Waals surface area contributed by atoms with Crippen molar-refractivity contribution in [1.82, 2.24) is 19.3 Å². The van der Waals surface area contributed by atoms with Crippen molar-refractivity contribution in [2.45, 2.75) is 32.9 Å². The van der Waals surface area contributed by atoms with Gasteiger partial charge in [-0.2, -0.15) is 5.10 Å². The number of aliphatic hydroxyl groups excluding tert-OH is 1. The van der Waals surface area contributed by atoms with Crippen LogP contribution in [0, 0.1) is 5.82 Å². The minimum Gasteiger partial charge on any atom is -0.389 e. The standard InChI is InChI=1S/C21H21FN4O/c1-3-25-20-8-7-15(14(2)27)11-19(20)24-21(25)13-18-9-10-23-26(18)17-6-4-5-16(22)12-17/h4-12,14,27H,3,13H2,1-2H3. The molecule has 1 atom stereocenters. The minimum absolute atomic E-state index is 0.291. The van der Waals surface area contributed by atoms with E-state index in [2.05, 4.69) is 16.6 Å². The van der Waals surface area contributed by atoms with Crippen LogP contribution in [-0.4, -0.2) is 24.4 Å². The van der Waals surface area contributed by atoms with Gasteiger partial charge in [0.05, 0.1) is 28.5 Å². The Kier molecular flexibility index (Phi) is 4.49. The topological polar surface area (TPSA) is 55.9 Å². The number of aromatic nitrogens is 4. The predicted molar refractivity (Wildman–Crippen MR) is 102 cm³/mol. The Labute approximate surface area is 156 Å². The molecule has 138 valence electrons. The monoisotopic (exact) mass is 364 g/mol. The van der Waals surface area contributed by atoms with Gasteiger partial charge in [-0.15, -0.1) is 0 Å². The Hall–Kier alpha value is -2.99. The summed E-state index contributed by atoms with van der Waals surface area (Å²) in [5.74, 6) is 0.619. The maximum Gasteiger partial charge on any atom is 0.125 e. The number of benzene rings is 2. The van der Waals surface area contributed by atoms with Crippen LogP contribution >= 0.6 is 0 Å². The summed E-state index contributed by atoms with van der Waals surface area (Å²) < 4.78 is 17.5. The lowest BCUT2D eigenvalue weighted by Gasteiger charge is -2.09. The number of hydrogen-bond donors (Lipinski definition) is 1. The van der Waals surface area contributed by atoms with E-state index in [0.29, 0.717) is 12.1 Å². The molecule has 0 saturated heterocycles. The van der Waals surface area contributed by atoms with Crippen LogP contribution in [0.15, 0.2) is 54.7 Å². The molecular weight excluding hydrogens is 343 g/mol. The van der Waals surface area contributed by atoms with Gasteiger partial charge in [0.25, 0.3) is 0 Å². The molecule has 0 fully saturated rings. The van der Waals surface area contributed by atoms with Crippen LogP contribution in [0.25, 0.3) is 16.7 Å². The molecule has 0 spiro atoms. The zero-order chi connectivity index (χ0) is 19.0. The largest absolute Gasteiger partial charge is 0.389 e. The number of fused-ring (bicyclic) bond motifs is 1. The lowest BCUT2D eigenvalue weighted by atomic mass is 10.1. The fourth-order valence-electron chi connectivity index (χ4n) is 3.41. The molecule has 0 saturated carbocycles. The van der Waals surface area contributed by atoms with Crippen LogP contribution in [0.2, 0.25) is 0 Å². The van der Waals surface area contributed by atoms with Crippen LogP contribution in [0.1, 0.15) is 37.0 Å². The Bertz CT molecular complexity index is 1100. The highest BCUT2D eigenvalue weighted by Crippen LogP contribution is 2.23. The van der Waals surface area contributed by atoms with E-state index < -0.39 is 6.10 Å². The molecule has 2 aromatic carbocycles. The number of nitrogens with zero attached hydrogens (tertiary/aromatic N) is 4. The predicted octanol–water partition coefficient (Wildman–Crippen LogP) is 4.03. The quantitative estimate of drug-likeness (QED) is 0.582. The Balaban J connectivity index is 1.75. The van der Waals surface area contributed by atoms with Crippen molar-refractivity contribution < 1.29 is 9.50 Å². The van der Waals surface area contributed by atoms with E-state index in [9.17, 15) is 9.50 Å². The molecule has 0 bridgehead atoms. The highest BCUT2D eigenvalue weighted by atomic mass is 19.1. The minimum atomic E-state index is -0.529. The third kappa shape index (κ3) is 3.24. The van der Waals surface area contributed by atoms with E-state index in [1.54, 1.807) is 23.9 Å². The summed E-state index contributed by atoms with van der Waals surface area (Å²) in [5.41, 5.74) is 4.36. The molecule has 6 heteroatoms. The van der Waals surface area contributed by atoms with Crippen LogP contribution in [0.3, 0.4) is 0 Å². The Morgan fingerprint density at radius 1 is 1.15 bits per heavy atom. The molecule has 5 nitrogen and oxygen atoms in total. The van der Waals surface area contributed by atoms with Gasteiger partial charge in [-0.1, -0.05) is 12.1 Å². The highest BCUT2D eigenvalue weighted by molar-refractivity contribution is 5.77. The molecule has 2 heterocycles. The summed E-state index contributed by atoms with van der Waals surface area (Å²) in [6.07, 6.45) is 1.76. The summed E-state index contributed by atoms with van der Waals surface area (Å²) in [5, 5.41) is 14.2. The maximum absolute atomic E-state index is 13.6. The van der Waals surface area contributed by atoms with Gasteiger partial charge in [0.15, 0.2) is 0 Å². The Morgan fingerprint density at radius 2 is 2.00 bits per heavy atom. The number of halogens is 1. The highest BCUT2D eigenvalue weighted by Gasteiger charge is 2.15. The SMILES string of the molecule is CCn1c(Cc2ccnn2-c2cccc(F)c2)nc2cc(C(C)O)ccc21. The number of aryl methyl sites for hydroxylation is 1. The maximum atomic E-state index is 13.6. The van der Waals surface area contributed by atoms with Gasteiger partial charge >= 0.3 is 0 Å². The third-order valence-electron chi connectivity index (χ3n) is 4.76. The third-order valence-corrected chi connectivity index (χ3v) is 4.76. The van der Waals surface area contributed by atoms with Crippen molar-refractivity contribution >= 4 is 11.0 Å². The summed E-state index contributed by atoms with van der Waals surface area (Å²) in [7, 11) is 0. The first-order valence-electron chi connectivity index (χ1n) is 9.02. The molecule has 1 unspecified atom stereocenters. The Morgan fingerprint density at radius 3 is 2.74 bits per heavy atom. The molecule has 0 amide bonds. The zero-order valence-corrected chi connectivity index (χ0v) is 15.3. The average molecular weight is 364 g/mol. The molecule has 1 N–H and O–H groups in total. The number of hydrogen-bond acceptors (Lipinski definition) is 3. The van der Waals surface area contributed by atoms with E-state index in [0.717, 1.165) is 34.7 Å². The van der Waals surface area contributed by atoms with Gasteiger partial charge in [0.2, 0.25) is 0 Å². The fourth-order valence-corrected chi connectivity index (χ4v) is 3.41. The van der Waals surface area contributed by atoms with E-state index in [1.807, 2.05) is 30.3 Å². The molecule has 0 aliphatic rings. The first kappa shape index (κ1) is 17.4. The van der Waals surface area contributed by atoms with E-state index >= 15 is 0 Å². The summed E-state index contributed by atoms with van der Waals surface area (Å²) >= 11 is 0. The van der Waals surface area contributed by atoms with E-state index in [-0.39, 0.29) is 5.82 Å². The molecule has 0 aliphatic carbocycles. The molecule has 0 radical (unpaired) electrons. The first-order chi connectivity index (χ1) is 13.1. The van der Waals surface area contributed by atoms with Crippen LogP contribution in [0.5, 0.6) is 0 Å². The van der Waals surface area contributed by atoms with Crippen molar-refractivity contribution in [3.05, 3.63) is 77.6 Å². The fraction of sp³-hybridized carbons (Fsp3) is 0.238. The van der Waals surface area contributed by atoms with Crippen LogP contribution in [-0.2, 0) is 13.0 Å². The zero-order valence-electron chi connectivity index (χ0n) is 15.3. The van der Waals surface area contributed by atoms with Gasteiger partial charge in [0.1, 0.15) is 11.6 Å². The van der Waals surface area contributed by atoms with Gasteiger partial charge in [-0.3, -0.25) is 0 Å². The summed E-state index contributed by atoms with van der Waals surface area (Å²) in [6.45, 7) is 4.61. The first-order valence-corrected chi connectivity index (χ1v) is 9.02. The van der Waals surface area contributed by atoms with Crippen molar-refractivity contribution in [2.24, 2.45) is 0 Å². The van der Waals surface area contributed by atoms with Gasteiger partial charge in [-0.05, 0) is 55.8 Å². The lowest BCUT2D eigenvalue weighted by Crippen LogP contribution is -2.07. The second-order valence-electron chi connectivity index (χ2n) is 6.59. The second-order valence-corrected chi connectivity index (χ2v) is 6.59. The van der Waals surface area contributed by atoms with Crippen LogP contribution in [0.4, 0.5) is 4.39 Å². The average Bonchev–Trinajstić information content (AvgIpc) is 3.25. The smallest absolute Gasteiger partial charge is 0.125 e. The second kappa shape index (κ2) is 6.96. The molecule has 2 aromatic heterocycles. The van der Waals surface area contributed by atoms with E-state index in [4.69, 9.17) is 4.98 Å². The lowest BCUT2D eigenvalue weighted by molar-refractivity contribution is 0.199. The van der Waals surface area contributed by atoms with Gasteiger partial charge in [0, 0.05) is 19.2 Å². The van der Waals surface area contributed by atoms with Crippen molar-refractivity contribution in [1.29, 1.82) is 0 Å². The number of aliphatic hydroxyl groups is 1. The van der Waals surface area contributed by atoms with Crippen LogP contribution < -0.4 is 0 Å². The molecule has 4 rings (SSSR count). The molecule has 4 aromatic rings. The summed E-state index contributed by atoms with van der Waals surface area (Å²) in [4.78, 5) is 4.79. The molecule has 27 heavy (non-hydrogen) atoms. The van der Waals surface area contributed by atoms with Crippen molar-refractivity contribution in [3.63, 3.8) is 0 Å². The van der Waals surface area contributed by atoms with E-state index in [1.165, 1.54) is 12.1 Å². The normalized spacial score (nSPS) is 12.6. The number of rotatable bonds is 5. The van der Waals surface area contributed by atoms with Crippen molar-refractivity contribution in [2.75, 3.05) is 0 Å². The molecular formula is C21H21FN4O. The van der Waals surface area contributed by atoms with Crippen molar-refractivity contribution in [3.8, 4) is 5.69 Å². The van der Waals surface area contributed by atoms with Gasteiger partial charge in [-0.25, -0.2) is 14.1 Å². The number of imidazole rings is 1. The molecule has 0 aliphatic heterocycles. The van der Waals surface area contributed by atoms with Gasteiger partial charge < -0.3 is 9.67 Å². The summed E-state index contributed by atoms with van der Waals surface area (Å²) in [6, 6.07) is 14.2.